The molecule has 4 nitrogen and oxygen atoms in total. The van der Waals surface area contributed by atoms with Crippen LogP contribution >= 0.6 is 11.3 Å². The van der Waals surface area contributed by atoms with Gasteiger partial charge in [-0.2, -0.15) is 0 Å². The fraction of sp³-hybridized carbons (Fsp3) is 0.500. The molecule has 1 saturated carbocycles. The van der Waals surface area contributed by atoms with Crippen molar-refractivity contribution >= 4 is 22.3 Å². The lowest BCUT2D eigenvalue weighted by molar-refractivity contribution is 0.0687. The Morgan fingerprint density at radius 3 is 2.94 bits per heavy atom. The number of nitrogens with zero attached hydrogens (tertiary/aromatic N) is 2. The summed E-state index contributed by atoms with van der Waals surface area (Å²) < 4.78 is 1.91. The van der Waals surface area contributed by atoms with Crippen molar-refractivity contribution in [1.29, 1.82) is 0 Å². The summed E-state index contributed by atoms with van der Waals surface area (Å²) in [4.78, 5) is 18.2. The average molecular weight is 248 g/mol. The van der Waals surface area contributed by atoms with E-state index in [4.69, 9.17) is 0 Å². The highest BCUT2D eigenvalue weighted by Gasteiger charge is 2.34. The van der Waals surface area contributed by atoms with Crippen molar-refractivity contribution < 1.29 is 9.90 Å². The van der Waals surface area contributed by atoms with Gasteiger partial charge in [0.05, 0.1) is 5.69 Å². The second-order valence-electron chi connectivity index (χ2n) is 4.87. The third-order valence-corrected chi connectivity index (χ3v) is 4.81. The molecule has 0 aromatic carbocycles. The third-order valence-electron chi connectivity index (χ3n) is 3.66. The standard InChI is InChI=1S/C12H12N2O2S/c15-11(16)10-9(6-4-5-6)13-12-14(10)7-2-1-3-8(7)17-12/h6H,1-5H2,(H,15,16). The summed E-state index contributed by atoms with van der Waals surface area (Å²) in [6, 6.07) is 0. The molecule has 2 aliphatic carbocycles. The van der Waals surface area contributed by atoms with Crippen LogP contribution in [0.25, 0.3) is 4.96 Å². The van der Waals surface area contributed by atoms with Crippen LogP contribution in [0, 0.1) is 0 Å². The van der Waals surface area contributed by atoms with E-state index in [0.717, 1.165) is 42.8 Å². The summed E-state index contributed by atoms with van der Waals surface area (Å²) >= 11 is 1.67. The van der Waals surface area contributed by atoms with E-state index in [2.05, 4.69) is 4.98 Å². The lowest BCUT2D eigenvalue weighted by Gasteiger charge is -1.99. The highest BCUT2D eigenvalue weighted by molar-refractivity contribution is 7.17. The third kappa shape index (κ3) is 1.23. The molecule has 0 saturated heterocycles. The first-order valence-corrected chi connectivity index (χ1v) is 6.83. The smallest absolute Gasteiger partial charge is 0.354 e. The molecule has 0 unspecified atom stereocenters. The van der Waals surface area contributed by atoms with E-state index in [0.29, 0.717) is 11.6 Å². The van der Waals surface area contributed by atoms with Gasteiger partial charge in [-0.3, -0.25) is 4.40 Å². The van der Waals surface area contributed by atoms with Gasteiger partial charge in [-0.15, -0.1) is 11.3 Å². The van der Waals surface area contributed by atoms with E-state index in [-0.39, 0.29) is 0 Å². The zero-order valence-electron chi connectivity index (χ0n) is 9.27. The van der Waals surface area contributed by atoms with Crippen molar-refractivity contribution in [2.75, 3.05) is 0 Å². The van der Waals surface area contributed by atoms with E-state index < -0.39 is 5.97 Å². The Morgan fingerprint density at radius 1 is 1.41 bits per heavy atom. The maximum absolute atomic E-state index is 11.5. The fourth-order valence-corrected chi connectivity index (χ4v) is 3.95. The summed E-state index contributed by atoms with van der Waals surface area (Å²) in [5.41, 5.74) is 2.45. The molecule has 2 aromatic rings. The number of aryl methyl sites for hydroxylation is 2. The predicted molar refractivity (Wildman–Crippen MR) is 64.0 cm³/mol. The molecule has 0 amide bonds. The minimum atomic E-state index is -0.827. The van der Waals surface area contributed by atoms with Crippen LogP contribution in [-0.4, -0.2) is 20.5 Å². The number of thiazole rings is 1. The van der Waals surface area contributed by atoms with Gasteiger partial charge in [0, 0.05) is 16.5 Å². The van der Waals surface area contributed by atoms with Crippen LogP contribution in [0.3, 0.4) is 0 Å². The van der Waals surface area contributed by atoms with Gasteiger partial charge in [0.2, 0.25) is 0 Å². The number of aromatic nitrogens is 2. The van der Waals surface area contributed by atoms with E-state index >= 15 is 0 Å². The fourth-order valence-electron chi connectivity index (χ4n) is 2.74. The molecule has 0 bridgehead atoms. The first-order valence-electron chi connectivity index (χ1n) is 6.02. The van der Waals surface area contributed by atoms with Crippen molar-refractivity contribution in [2.24, 2.45) is 0 Å². The molecule has 1 fully saturated rings. The number of aromatic carboxylic acids is 1. The summed E-state index contributed by atoms with van der Waals surface area (Å²) in [7, 11) is 0. The zero-order valence-corrected chi connectivity index (χ0v) is 10.1. The Kier molecular flexibility index (Phi) is 1.76. The van der Waals surface area contributed by atoms with Crippen molar-refractivity contribution in [3.8, 4) is 0 Å². The van der Waals surface area contributed by atoms with Gasteiger partial charge in [0.15, 0.2) is 10.7 Å². The predicted octanol–water partition coefficient (Wildman–Crippen LogP) is 2.46. The Hall–Kier alpha value is -1.36. The molecule has 0 spiro atoms. The molecule has 88 valence electrons. The van der Waals surface area contributed by atoms with Crippen LogP contribution in [-0.2, 0) is 12.8 Å². The molecule has 2 aromatic heterocycles. The van der Waals surface area contributed by atoms with Crippen LogP contribution < -0.4 is 0 Å². The SMILES string of the molecule is O=C(O)c1c(C2CC2)nc2sc3c(n12)CCC3. The summed E-state index contributed by atoms with van der Waals surface area (Å²) in [5.74, 6) is -0.433. The number of hydrogen-bond acceptors (Lipinski definition) is 3. The first kappa shape index (κ1) is 9.65. The highest BCUT2D eigenvalue weighted by atomic mass is 32.1. The van der Waals surface area contributed by atoms with E-state index in [1.807, 2.05) is 4.40 Å². The average Bonchev–Trinajstić information content (AvgIpc) is 2.78. The lowest BCUT2D eigenvalue weighted by Crippen LogP contribution is -2.06. The van der Waals surface area contributed by atoms with Crippen molar-refractivity contribution in [3.63, 3.8) is 0 Å². The van der Waals surface area contributed by atoms with Crippen LogP contribution in [0.4, 0.5) is 0 Å². The zero-order chi connectivity index (χ0) is 11.6. The molecule has 2 aliphatic rings. The van der Waals surface area contributed by atoms with Gasteiger partial charge in [-0.25, -0.2) is 9.78 Å². The van der Waals surface area contributed by atoms with E-state index in [9.17, 15) is 9.90 Å². The minimum Gasteiger partial charge on any atom is -0.477 e. The van der Waals surface area contributed by atoms with E-state index in [1.165, 1.54) is 10.6 Å². The number of carboxylic acid groups (broad SMARTS) is 1. The van der Waals surface area contributed by atoms with Gasteiger partial charge in [0.1, 0.15) is 0 Å². The van der Waals surface area contributed by atoms with Gasteiger partial charge in [0.25, 0.3) is 0 Å². The Morgan fingerprint density at radius 2 is 2.24 bits per heavy atom. The van der Waals surface area contributed by atoms with Crippen LogP contribution in [0.1, 0.15) is 51.9 Å². The molecule has 5 heteroatoms. The van der Waals surface area contributed by atoms with Gasteiger partial charge in [-0.05, 0) is 32.1 Å². The molecule has 1 N–H and O–H groups in total. The van der Waals surface area contributed by atoms with E-state index in [1.54, 1.807) is 11.3 Å². The number of fused-ring (bicyclic) bond motifs is 3. The second-order valence-corrected chi connectivity index (χ2v) is 5.93. The monoisotopic (exact) mass is 248 g/mol. The topological polar surface area (TPSA) is 54.6 Å². The van der Waals surface area contributed by atoms with Crippen LogP contribution in [0.5, 0.6) is 0 Å². The molecule has 2 heterocycles. The Labute approximate surface area is 102 Å². The first-order chi connectivity index (χ1) is 8.25. The normalized spacial score (nSPS) is 18.8. The number of hydrogen-bond donors (Lipinski definition) is 1. The van der Waals surface area contributed by atoms with Crippen LogP contribution in [0.15, 0.2) is 0 Å². The molecule has 4 rings (SSSR count). The maximum Gasteiger partial charge on any atom is 0.354 e. The Bertz CT molecular complexity index is 637. The van der Waals surface area contributed by atoms with Crippen molar-refractivity contribution in [2.45, 2.75) is 38.0 Å². The molecule has 0 atom stereocenters. The highest BCUT2D eigenvalue weighted by Crippen LogP contribution is 2.43. The quantitative estimate of drug-likeness (QED) is 0.888. The summed E-state index contributed by atoms with van der Waals surface area (Å²) in [5, 5.41) is 9.42. The van der Waals surface area contributed by atoms with Gasteiger partial charge in [-0.1, -0.05) is 0 Å². The summed E-state index contributed by atoms with van der Waals surface area (Å²) in [6.07, 6.45) is 5.41. The molecular formula is C12H12N2O2S. The summed E-state index contributed by atoms with van der Waals surface area (Å²) in [6.45, 7) is 0. The van der Waals surface area contributed by atoms with Gasteiger partial charge < -0.3 is 5.11 Å². The van der Waals surface area contributed by atoms with Crippen LogP contribution in [0.2, 0.25) is 0 Å². The minimum absolute atomic E-state index is 0.394. The lowest BCUT2D eigenvalue weighted by atomic mass is 10.2. The number of rotatable bonds is 2. The number of imidazole rings is 1. The Balaban J connectivity index is 2.05. The molecule has 0 aliphatic heterocycles. The van der Waals surface area contributed by atoms with Crippen molar-refractivity contribution in [3.05, 3.63) is 22.0 Å². The largest absolute Gasteiger partial charge is 0.477 e. The van der Waals surface area contributed by atoms with Crippen molar-refractivity contribution in [1.82, 2.24) is 9.38 Å². The second kappa shape index (κ2) is 3.10. The number of carbonyl (C=O) groups is 1. The van der Waals surface area contributed by atoms with Gasteiger partial charge >= 0.3 is 5.97 Å². The number of carboxylic acids is 1. The molecule has 17 heavy (non-hydrogen) atoms. The molecular weight excluding hydrogens is 236 g/mol. The maximum atomic E-state index is 11.5. The molecule has 0 radical (unpaired) electrons.